The molecule has 0 atom stereocenters. The molecule has 0 spiro atoms. The number of para-hydroxylation sites is 1. The molecule has 0 amide bonds. The predicted molar refractivity (Wildman–Crippen MR) is 62.1 cm³/mol. The van der Waals surface area contributed by atoms with Crippen LogP contribution in [0.1, 0.15) is 12.5 Å². The summed E-state index contributed by atoms with van der Waals surface area (Å²) in [7, 11) is 0. The maximum atomic E-state index is 12.1. The summed E-state index contributed by atoms with van der Waals surface area (Å²) < 4.78 is 28.6. The maximum absolute atomic E-state index is 12.1. The van der Waals surface area contributed by atoms with Gasteiger partial charge in [0.15, 0.2) is 5.96 Å². The molecule has 0 radical (unpaired) electrons. The van der Waals surface area contributed by atoms with Crippen LogP contribution in [0.25, 0.3) is 0 Å². The lowest BCUT2D eigenvalue weighted by Crippen LogP contribution is -2.31. The Hall–Kier alpha value is -1.85. The van der Waals surface area contributed by atoms with E-state index < -0.39 is 6.61 Å². The number of alkyl halides is 2. The van der Waals surface area contributed by atoms with Gasteiger partial charge in [-0.2, -0.15) is 8.78 Å². The molecular formula is C11H15F2N3O. The van der Waals surface area contributed by atoms with Crippen LogP contribution in [-0.4, -0.2) is 19.1 Å². The monoisotopic (exact) mass is 243 g/mol. The van der Waals surface area contributed by atoms with E-state index in [9.17, 15) is 8.78 Å². The molecule has 0 heterocycles. The number of nitrogens with one attached hydrogen (secondary N) is 1. The van der Waals surface area contributed by atoms with Gasteiger partial charge in [0.2, 0.25) is 0 Å². The number of nitrogens with two attached hydrogens (primary N) is 1. The highest BCUT2D eigenvalue weighted by Crippen LogP contribution is 2.20. The summed E-state index contributed by atoms with van der Waals surface area (Å²) in [5.74, 6) is 0.398. The lowest BCUT2D eigenvalue weighted by Gasteiger charge is -2.09. The van der Waals surface area contributed by atoms with Crippen LogP contribution in [0.4, 0.5) is 8.78 Å². The summed E-state index contributed by atoms with van der Waals surface area (Å²) in [6.45, 7) is -0.103. The highest BCUT2D eigenvalue weighted by Gasteiger charge is 2.08. The van der Waals surface area contributed by atoms with Crippen molar-refractivity contribution in [3.8, 4) is 5.75 Å². The van der Waals surface area contributed by atoms with E-state index in [1.807, 2.05) is 6.92 Å². The fourth-order valence-electron chi connectivity index (χ4n) is 1.25. The summed E-state index contributed by atoms with van der Waals surface area (Å²) >= 11 is 0. The second-order valence-electron chi connectivity index (χ2n) is 3.22. The minimum absolute atomic E-state index is 0.121. The van der Waals surface area contributed by atoms with Crippen LogP contribution >= 0.6 is 0 Å². The first-order valence-corrected chi connectivity index (χ1v) is 5.20. The van der Waals surface area contributed by atoms with E-state index in [-0.39, 0.29) is 18.3 Å². The van der Waals surface area contributed by atoms with Crippen molar-refractivity contribution in [3.05, 3.63) is 29.8 Å². The van der Waals surface area contributed by atoms with Gasteiger partial charge in [0.05, 0.1) is 6.54 Å². The molecule has 1 rings (SSSR count). The SMILES string of the molecule is CCNC(N)=NCc1ccccc1OC(F)F. The molecule has 0 aromatic heterocycles. The van der Waals surface area contributed by atoms with Gasteiger partial charge in [-0.05, 0) is 13.0 Å². The standard InChI is InChI=1S/C11H15F2N3O/c1-2-15-11(14)16-7-8-5-3-4-6-9(8)17-10(12)13/h3-6,10H,2,7H2,1H3,(H3,14,15,16). The smallest absolute Gasteiger partial charge is 0.387 e. The first-order valence-electron chi connectivity index (χ1n) is 5.20. The Kier molecular flexibility index (Phi) is 5.19. The Morgan fingerprint density at radius 2 is 2.18 bits per heavy atom. The van der Waals surface area contributed by atoms with Crippen LogP contribution in [0.5, 0.6) is 5.75 Å². The predicted octanol–water partition coefficient (Wildman–Crippen LogP) is 1.71. The molecule has 1 aromatic carbocycles. The fraction of sp³-hybridized carbons (Fsp3) is 0.364. The zero-order valence-corrected chi connectivity index (χ0v) is 9.49. The van der Waals surface area contributed by atoms with Gasteiger partial charge in [0, 0.05) is 12.1 Å². The van der Waals surface area contributed by atoms with Gasteiger partial charge in [0.1, 0.15) is 5.75 Å². The molecule has 0 bridgehead atoms. The molecule has 0 saturated heterocycles. The van der Waals surface area contributed by atoms with Gasteiger partial charge < -0.3 is 15.8 Å². The third-order valence-electron chi connectivity index (χ3n) is 1.97. The van der Waals surface area contributed by atoms with Gasteiger partial charge in [-0.1, -0.05) is 18.2 Å². The molecule has 0 unspecified atom stereocenters. The van der Waals surface area contributed by atoms with Crippen molar-refractivity contribution >= 4 is 5.96 Å². The normalized spacial score (nSPS) is 11.6. The van der Waals surface area contributed by atoms with Crippen LogP contribution in [0.3, 0.4) is 0 Å². The Morgan fingerprint density at radius 1 is 1.47 bits per heavy atom. The first-order chi connectivity index (χ1) is 8.13. The van der Waals surface area contributed by atoms with Crippen LogP contribution < -0.4 is 15.8 Å². The molecule has 3 N–H and O–H groups in total. The van der Waals surface area contributed by atoms with Crippen molar-refractivity contribution in [1.29, 1.82) is 0 Å². The maximum Gasteiger partial charge on any atom is 0.387 e. The fourth-order valence-corrected chi connectivity index (χ4v) is 1.25. The molecule has 0 saturated carbocycles. The molecular weight excluding hydrogens is 228 g/mol. The van der Waals surface area contributed by atoms with Crippen molar-refractivity contribution in [3.63, 3.8) is 0 Å². The van der Waals surface area contributed by atoms with E-state index in [0.717, 1.165) is 0 Å². The topological polar surface area (TPSA) is 59.6 Å². The Morgan fingerprint density at radius 3 is 2.82 bits per heavy atom. The quantitative estimate of drug-likeness (QED) is 0.611. The number of guanidine groups is 1. The minimum Gasteiger partial charge on any atom is -0.434 e. The van der Waals surface area contributed by atoms with E-state index in [1.165, 1.54) is 6.07 Å². The number of rotatable bonds is 5. The molecule has 94 valence electrons. The van der Waals surface area contributed by atoms with Gasteiger partial charge in [-0.25, -0.2) is 4.99 Å². The summed E-state index contributed by atoms with van der Waals surface area (Å²) in [6, 6.07) is 6.49. The van der Waals surface area contributed by atoms with E-state index in [0.29, 0.717) is 12.1 Å². The summed E-state index contributed by atoms with van der Waals surface area (Å²) in [5, 5.41) is 2.81. The average Bonchev–Trinajstić information content (AvgIpc) is 2.27. The van der Waals surface area contributed by atoms with Crippen LogP contribution in [-0.2, 0) is 6.54 Å². The lowest BCUT2D eigenvalue weighted by molar-refractivity contribution is -0.0504. The second-order valence-corrected chi connectivity index (χ2v) is 3.22. The van der Waals surface area contributed by atoms with Crippen LogP contribution in [0.15, 0.2) is 29.3 Å². The zero-order valence-electron chi connectivity index (χ0n) is 9.49. The summed E-state index contributed by atoms with van der Waals surface area (Å²) in [4.78, 5) is 4.01. The van der Waals surface area contributed by atoms with Gasteiger partial charge in [0.25, 0.3) is 0 Å². The summed E-state index contributed by atoms with van der Waals surface area (Å²) in [6.07, 6.45) is 0. The molecule has 17 heavy (non-hydrogen) atoms. The van der Waals surface area contributed by atoms with Gasteiger partial charge in [-0.3, -0.25) is 0 Å². The summed E-state index contributed by atoms with van der Waals surface area (Å²) in [5.41, 5.74) is 6.10. The van der Waals surface area contributed by atoms with Crippen molar-refractivity contribution in [2.75, 3.05) is 6.54 Å². The van der Waals surface area contributed by atoms with E-state index in [1.54, 1.807) is 18.2 Å². The number of hydrogen-bond donors (Lipinski definition) is 2. The highest BCUT2D eigenvalue weighted by atomic mass is 19.3. The van der Waals surface area contributed by atoms with Crippen molar-refractivity contribution in [2.24, 2.45) is 10.7 Å². The molecule has 0 aliphatic heterocycles. The second kappa shape index (κ2) is 6.67. The zero-order chi connectivity index (χ0) is 12.7. The highest BCUT2D eigenvalue weighted by molar-refractivity contribution is 5.77. The Labute approximate surface area is 98.5 Å². The van der Waals surface area contributed by atoms with Crippen molar-refractivity contribution in [1.82, 2.24) is 5.32 Å². The largest absolute Gasteiger partial charge is 0.434 e. The lowest BCUT2D eigenvalue weighted by atomic mass is 10.2. The average molecular weight is 243 g/mol. The number of benzene rings is 1. The molecule has 0 aliphatic rings. The third-order valence-corrected chi connectivity index (χ3v) is 1.97. The number of halogens is 2. The van der Waals surface area contributed by atoms with Gasteiger partial charge in [-0.15, -0.1) is 0 Å². The third kappa shape index (κ3) is 4.67. The van der Waals surface area contributed by atoms with E-state index in [2.05, 4.69) is 15.0 Å². The Bertz CT molecular complexity index is 383. The van der Waals surface area contributed by atoms with Crippen LogP contribution in [0.2, 0.25) is 0 Å². The number of nitrogens with zero attached hydrogens (tertiary/aromatic N) is 1. The number of ether oxygens (including phenoxy) is 1. The first kappa shape index (κ1) is 13.2. The number of aliphatic imine (C=N–C) groups is 1. The van der Waals surface area contributed by atoms with Crippen molar-refractivity contribution < 1.29 is 13.5 Å². The van der Waals surface area contributed by atoms with E-state index >= 15 is 0 Å². The van der Waals surface area contributed by atoms with Gasteiger partial charge >= 0.3 is 6.61 Å². The van der Waals surface area contributed by atoms with Crippen molar-refractivity contribution in [2.45, 2.75) is 20.1 Å². The molecule has 1 aromatic rings. The molecule has 6 heteroatoms. The molecule has 4 nitrogen and oxygen atoms in total. The Balaban J connectivity index is 2.73. The molecule has 0 fully saturated rings. The minimum atomic E-state index is -2.84. The van der Waals surface area contributed by atoms with Crippen LogP contribution in [0, 0.1) is 0 Å². The molecule has 0 aliphatic carbocycles. The number of hydrogen-bond acceptors (Lipinski definition) is 2. The van der Waals surface area contributed by atoms with E-state index in [4.69, 9.17) is 5.73 Å².